The first-order valence-corrected chi connectivity index (χ1v) is 7.53. The lowest BCUT2D eigenvalue weighted by Gasteiger charge is -2.09. The van der Waals surface area contributed by atoms with Crippen molar-refractivity contribution in [2.24, 2.45) is 0 Å². The lowest BCUT2D eigenvalue weighted by atomic mass is 10.1. The van der Waals surface area contributed by atoms with Gasteiger partial charge in [-0.05, 0) is 17.7 Å². The highest BCUT2D eigenvalue weighted by atomic mass is 32.1. The van der Waals surface area contributed by atoms with Crippen LogP contribution in [0.1, 0.15) is 16.1 Å². The molecular weight excluding hydrogens is 347 g/mol. The number of thiazole rings is 1. The van der Waals surface area contributed by atoms with Crippen molar-refractivity contribution in [2.75, 3.05) is 13.1 Å². The molecule has 0 fully saturated rings. The molecule has 0 spiro atoms. The number of aromatic nitrogens is 1. The van der Waals surface area contributed by atoms with Crippen LogP contribution in [0.4, 0.5) is 18.0 Å². The predicted octanol–water partition coefficient (Wildman–Crippen LogP) is 2.83. The summed E-state index contributed by atoms with van der Waals surface area (Å²) in [4.78, 5) is 26.6. The van der Waals surface area contributed by atoms with E-state index in [1.807, 2.05) is 0 Å². The van der Waals surface area contributed by atoms with Gasteiger partial charge in [0.1, 0.15) is 5.69 Å². The number of nitrogens with one attached hydrogen (secondary N) is 2. The van der Waals surface area contributed by atoms with Crippen LogP contribution in [0.25, 0.3) is 10.4 Å². The average molecular weight is 359 g/mol. The molecule has 0 saturated heterocycles. The van der Waals surface area contributed by atoms with Crippen LogP contribution in [0.3, 0.4) is 0 Å². The number of hydrogen-bond acceptors (Lipinski definition) is 4. The summed E-state index contributed by atoms with van der Waals surface area (Å²) in [6.45, 7) is 0.0365. The molecular formula is C14H12F3N3O3S. The summed E-state index contributed by atoms with van der Waals surface area (Å²) in [6.07, 6.45) is -5.70. The van der Waals surface area contributed by atoms with E-state index in [1.54, 1.807) is 0 Å². The number of hydrogen-bond donors (Lipinski definition) is 3. The van der Waals surface area contributed by atoms with E-state index in [9.17, 15) is 22.8 Å². The number of amides is 2. The maximum atomic E-state index is 12.8. The molecule has 128 valence electrons. The monoisotopic (exact) mass is 359 g/mol. The molecule has 1 heterocycles. The van der Waals surface area contributed by atoms with Gasteiger partial charge in [0.05, 0.1) is 16.0 Å². The molecule has 0 aliphatic carbocycles. The molecule has 24 heavy (non-hydrogen) atoms. The third kappa shape index (κ3) is 4.44. The van der Waals surface area contributed by atoms with Gasteiger partial charge in [-0.1, -0.05) is 12.1 Å². The van der Waals surface area contributed by atoms with Crippen LogP contribution < -0.4 is 10.6 Å². The summed E-state index contributed by atoms with van der Waals surface area (Å²) in [5, 5.41) is 12.9. The minimum absolute atomic E-state index is 0.00407. The SMILES string of the molecule is O=C(O)NCCNC(=O)c1ncsc1-c1cccc(C(F)(F)F)c1. The minimum Gasteiger partial charge on any atom is -0.465 e. The highest BCUT2D eigenvalue weighted by Crippen LogP contribution is 2.34. The van der Waals surface area contributed by atoms with E-state index in [2.05, 4.69) is 15.6 Å². The van der Waals surface area contributed by atoms with Gasteiger partial charge in [-0.15, -0.1) is 11.3 Å². The number of alkyl halides is 3. The number of benzene rings is 1. The Hall–Kier alpha value is -2.62. The summed E-state index contributed by atoms with van der Waals surface area (Å²) in [6, 6.07) is 4.62. The number of nitrogens with zero attached hydrogens (tertiary/aromatic N) is 1. The Morgan fingerprint density at radius 2 is 1.92 bits per heavy atom. The summed E-state index contributed by atoms with van der Waals surface area (Å²) in [7, 11) is 0. The van der Waals surface area contributed by atoms with Gasteiger partial charge in [-0.2, -0.15) is 13.2 Å². The molecule has 0 aliphatic heterocycles. The molecule has 2 amide bonds. The van der Waals surface area contributed by atoms with Gasteiger partial charge < -0.3 is 15.7 Å². The lowest BCUT2D eigenvalue weighted by Crippen LogP contribution is -2.34. The van der Waals surface area contributed by atoms with Gasteiger partial charge in [0, 0.05) is 13.1 Å². The Balaban J connectivity index is 2.15. The van der Waals surface area contributed by atoms with E-state index in [4.69, 9.17) is 5.11 Å². The van der Waals surface area contributed by atoms with E-state index in [1.165, 1.54) is 17.6 Å². The second kappa shape index (κ2) is 7.30. The van der Waals surface area contributed by atoms with Crippen LogP contribution >= 0.6 is 11.3 Å². The molecule has 0 unspecified atom stereocenters. The van der Waals surface area contributed by atoms with Crippen molar-refractivity contribution in [3.8, 4) is 10.4 Å². The fourth-order valence-electron chi connectivity index (χ4n) is 1.88. The van der Waals surface area contributed by atoms with Gasteiger partial charge in [0.25, 0.3) is 5.91 Å². The zero-order chi connectivity index (χ0) is 17.7. The van der Waals surface area contributed by atoms with Crippen molar-refractivity contribution in [1.29, 1.82) is 0 Å². The van der Waals surface area contributed by atoms with Gasteiger partial charge in [-0.25, -0.2) is 9.78 Å². The highest BCUT2D eigenvalue weighted by Gasteiger charge is 2.31. The number of halogens is 3. The summed E-state index contributed by atoms with van der Waals surface area (Å²) < 4.78 is 38.4. The normalized spacial score (nSPS) is 11.1. The molecule has 1 aromatic carbocycles. The molecule has 1 aromatic heterocycles. The first-order chi connectivity index (χ1) is 11.3. The van der Waals surface area contributed by atoms with Crippen LogP contribution in [-0.2, 0) is 6.18 Å². The molecule has 0 saturated carbocycles. The number of carbonyl (C=O) groups is 2. The summed E-state index contributed by atoms with van der Waals surface area (Å²) in [5.41, 5.74) is 0.779. The van der Waals surface area contributed by atoms with Gasteiger partial charge in [-0.3, -0.25) is 4.79 Å². The van der Waals surface area contributed by atoms with Crippen LogP contribution in [0, 0.1) is 0 Å². The van der Waals surface area contributed by atoms with Crippen molar-refractivity contribution in [1.82, 2.24) is 15.6 Å². The minimum atomic E-state index is -4.48. The second-order valence-electron chi connectivity index (χ2n) is 4.60. The smallest absolute Gasteiger partial charge is 0.416 e. The second-order valence-corrected chi connectivity index (χ2v) is 5.45. The summed E-state index contributed by atoms with van der Waals surface area (Å²) >= 11 is 1.05. The number of carbonyl (C=O) groups excluding carboxylic acids is 1. The first kappa shape index (κ1) is 17.7. The van der Waals surface area contributed by atoms with Crippen molar-refractivity contribution >= 4 is 23.3 Å². The Morgan fingerprint density at radius 1 is 1.21 bits per heavy atom. The number of rotatable bonds is 5. The summed E-state index contributed by atoms with van der Waals surface area (Å²) in [5.74, 6) is -0.587. The van der Waals surface area contributed by atoms with E-state index in [0.717, 1.165) is 23.5 Å². The maximum Gasteiger partial charge on any atom is 0.416 e. The van der Waals surface area contributed by atoms with Crippen LogP contribution in [0.2, 0.25) is 0 Å². The van der Waals surface area contributed by atoms with Crippen molar-refractivity contribution in [3.63, 3.8) is 0 Å². The zero-order valence-corrected chi connectivity index (χ0v) is 12.9. The molecule has 0 radical (unpaired) electrons. The quantitative estimate of drug-likeness (QED) is 0.716. The van der Waals surface area contributed by atoms with Gasteiger partial charge >= 0.3 is 12.3 Å². The van der Waals surface area contributed by atoms with Gasteiger partial charge in [0.15, 0.2) is 0 Å². The van der Waals surface area contributed by atoms with Crippen LogP contribution in [0.5, 0.6) is 0 Å². The molecule has 6 nitrogen and oxygen atoms in total. The Bertz CT molecular complexity index is 746. The molecule has 0 bridgehead atoms. The fraction of sp³-hybridized carbons (Fsp3) is 0.214. The van der Waals surface area contributed by atoms with Crippen LogP contribution in [0.15, 0.2) is 29.8 Å². The van der Waals surface area contributed by atoms with Crippen molar-refractivity contribution < 1.29 is 27.9 Å². The predicted molar refractivity (Wildman–Crippen MR) is 80.9 cm³/mol. The van der Waals surface area contributed by atoms with Crippen molar-refractivity contribution in [3.05, 3.63) is 41.0 Å². The lowest BCUT2D eigenvalue weighted by molar-refractivity contribution is -0.137. The average Bonchev–Trinajstić information content (AvgIpc) is 3.00. The molecule has 10 heteroatoms. The fourth-order valence-corrected chi connectivity index (χ4v) is 2.66. The zero-order valence-electron chi connectivity index (χ0n) is 12.1. The Kier molecular flexibility index (Phi) is 5.39. The van der Waals surface area contributed by atoms with E-state index >= 15 is 0 Å². The molecule has 3 N–H and O–H groups in total. The van der Waals surface area contributed by atoms with Crippen LogP contribution in [-0.4, -0.2) is 35.2 Å². The number of carboxylic acid groups (broad SMARTS) is 1. The third-order valence-corrected chi connectivity index (χ3v) is 3.80. The van der Waals surface area contributed by atoms with Gasteiger partial charge in [0.2, 0.25) is 0 Å². The largest absolute Gasteiger partial charge is 0.465 e. The molecule has 0 atom stereocenters. The molecule has 0 aliphatic rings. The molecule has 2 aromatic rings. The first-order valence-electron chi connectivity index (χ1n) is 6.65. The topological polar surface area (TPSA) is 91.3 Å². The Morgan fingerprint density at radius 3 is 2.58 bits per heavy atom. The standard InChI is InChI=1S/C14H12F3N3O3S/c15-14(16,17)9-3-1-2-8(6-9)11-10(20-7-24-11)12(21)18-4-5-19-13(22)23/h1-3,6-7,19H,4-5H2,(H,18,21)(H,22,23). The van der Waals surface area contributed by atoms with E-state index < -0.39 is 23.7 Å². The molecule has 2 rings (SSSR count). The maximum absolute atomic E-state index is 12.8. The third-order valence-electron chi connectivity index (χ3n) is 2.92. The van der Waals surface area contributed by atoms with E-state index in [-0.39, 0.29) is 24.3 Å². The van der Waals surface area contributed by atoms with E-state index in [0.29, 0.717) is 4.88 Å². The highest BCUT2D eigenvalue weighted by molar-refractivity contribution is 7.13. The Labute approximate surface area is 138 Å². The van der Waals surface area contributed by atoms with Crippen molar-refractivity contribution in [2.45, 2.75) is 6.18 Å².